The number of fused-ring (bicyclic) bond motifs is 1. The first-order valence-electron chi connectivity index (χ1n) is 11.1. The van der Waals surface area contributed by atoms with E-state index in [0.717, 1.165) is 43.0 Å². The Hall–Kier alpha value is -2.10. The fraction of sp³-hybridized carbons (Fsp3) is 0.522. The Morgan fingerprint density at radius 1 is 1.00 bits per heavy atom. The minimum atomic E-state index is -4.61. The molecule has 0 fully saturated rings. The highest BCUT2D eigenvalue weighted by atomic mass is 79.9. The number of H-pyrrole nitrogens is 1. The molecule has 182 valence electrons. The van der Waals surface area contributed by atoms with Gasteiger partial charge in [-0.15, -0.1) is 0 Å². The Morgan fingerprint density at radius 2 is 1.67 bits per heavy atom. The molecule has 0 spiro atoms. The van der Waals surface area contributed by atoms with Crippen molar-refractivity contribution < 1.29 is 26.7 Å². The number of para-hydroxylation sites is 1. The van der Waals surface area contributed by atoms with Gasteiger partial charge in [0.15, 0.2) is 5.69 Å². The number of aromatic nitrogens is 3. The number of benzene rings is 1. The lowest BCUT2D eigenvalue weighted by molar-refractivity contribution is -0.141. The van der Waals surface area contributed by atoms with Gasteiger partial charge in [0, 0.05) is 22.7 Å². The zero-order valence-corrected chi connectivity index (χ0v) is 19.7. The molecule has 0 amide bonds. The largest absolute Gasteiger partial charge is 0.477 e. The van der Waals surface area contributed by atoms with Gasteiger partial charge in [-0.05, 0) is 25.0 Å². The van der Waals surface area contributed by atoms with E-state index in [4.69, 9.17) is 4.74 Å². The van der Waals surface area contributed by atoms with E-state index in [1.165, 1.54) is 4.68 Å². The lowest BCUT2D eigenvalue weighted by atomic mass is 10.1. The summed E-state index contributed by atoms with van der Waals surface area (Å²) >= 11 is 3.15. The standard InChI is InChI=1S/C23H27BrF5N3O/c24-15-17-21(23(27,28)29)31-32(20-14-16-10-7-8-11-18(16)30-20)22(17)33-13-9-5-3-1-2-4-6-12-19(25)26/h7-8,10-11,14,19,30H,1-6,9,12-13,15H2. The number of hydrogen-bond acceptors (Lipinski definition) is 2. The molecule has 0 bridgehead atoms. The molecule has 3 rings (SSSR count). The normalized spacial score (nSPS) is 12.2. The molecule has 2 aromatic heterocycles. The minimum absolute atomic E-state index is 0.0415. The summed E-state index contributed by atoms with van der Waals surface area (Å²) in [4.78, 5) is 3.10. The summed E-state index contributed by atoms with van der Waals surface area (Å²) in [6.45, 7) is 0.259. The fourth-order valence-corrected chi connectivity index (χ4v) is 4.23. The van der Waals surface area contributed by atoms with Crippen molar-refractivity contribution in [3.63, 3.8) is 0 Å². The van der Waals surface area contributed by atoms with E-state index >= 15 is 0 Å². The second kappa shape index (κ2) is 11.9. The highest BCUT2D eigenvalue weighted by Gasteiger charge is 2.40. The van der Waals surface area contributed by atoms with E-state index in [0.29, 0.717) is 18.7 Å². The summed E-state index contributed by atoms with van der Waals surface area (Å²) < 4.78 is 72.1. The van der Waals surface area contributed by atoms with Crippen LogP contribution < -0.4 is 4.74 Å². The average molecular weight is 536 g/mol. The summed E-state index contributed by atoms with van der Waals surface area (Å²) in [6.07, 6.45) is -1.25. The number of aromatic amines is 1. The summed E-state index contributed by atoms with van der Waals surface area (Å²) in [6, 6.07) is 9.13. The van der Waals surface area contributed by atoms with Gasteiger partial charge in [0.1, 0.15) is 5.82 Å². The summed E-state index contributed by atoms with van der Waals surface area (Å²) in [7, 11) is 0. The van der Waals surface area contributed by atoms with Gasteiger partial charge >= 0.3 is 6.18 Å². The second-order valence-corrected chi connectivity index (χ2v) is 8.48. The maximum atomic E-state index is 13.6. The molecule has 1 aromatic carbocycles. The van der Waals surface area contributed by atoms with Crippen LogP contribution in [0.25, 0.3) is 16.7 Å². The molecule has 1 N–H and O–H groups in total. The van der Waals surface area contributed by atoms with E-state index in [1.54, 1.807) is 6.07 Å². The summed E-state index contributed by atoms with van der Waals surface area (Å²) in [5.41, 5.74) is -0.228. The van der Waals surface area contributed by atoms with Crippen LogP contribution in [-0.2, 0) is 11.5 Å². The molecule has 0 radical (unpaired) electrons. The van der Waals surface area contributed by atoms with Crippen LogP contribution in [0.1, 0.15) is 62.6 Å². The number of alkyl halides is 6. The van der Waals surface area contributed by atoms with Gasteiger partial charge in [0.2, 0.25) is 12.3 Å². The van der Waals surface area contributed by atoms with E-state index in [2.05, 4.69) is 26.0 Å². The number of ether oxygens (including phenoxy) is 1. The molecule has 10 heteroatoms. The van der Waals surface area contributed by atoms with Crippen LogP contribution >= 0.6 is 15.9 Å². The minimum Gasteiger partial charge on any atom is -0.477 e. The molecular weight excluding hydrogens is 509 g/mol. The molecule has 0 aliphatic carbocycles. The van der Waals surface area contributed by atoms with Gasteiger partial charge in [0.25, 0.3) is 0 Å². The van der Waals surface area contributed by atoms with E-state index in [9.17, 15) is 22.0 Å². The highest BCUT2D eigenvalue weighted by molar-refractivity contribution is 9.08. The maximum Gasteiger partial charge on any atom is 0.435 e. The van der Waals surface area contributed by atoms with Crippen molar-refractivity contribution in [2.45, 2.75) is 69.3 Å². The number of hydrogen-bond donors (Lipinski definition) is 1. The van der Waals surface area contributed by atoms with Gasteiger partial charge < -0.3 is 9.72 Å². The molecule has 0 aliphatic rings. The van der Waals surface area contributed by atoms with Gasteiger partial charge in [-0.25, -0.2) is 8.78 Å². The van der Waals surface area contributed by atoms with Crippen LogP contribution in [0.3, 0.4) is 0 Å². The van der Waals surface area contributed by atoms with Crippen molar-refractivity contribution in [3.8, 4) is 11.7 Å². The van der Waals surface area contributed by atoms with E-state index in [1.807, 2.05) is 24.3 Å². The van der Waals surface area contributed by atoms with Gasteiger partial charge in [-0.2, -0.15) is 23.0 Å². The van der Waals surface area contributed by atoms with Crippen LogP contribution in [0.15, 0.2) is 30.3 Å². The van der Waals surface area contributed by atoms with Gasteiger partial charge in [0.05, 0.1) is 12.2 Å². The smallest absolute Gasteiger partial charge is 0.435 e. The van der Waals surface area contributed by atoms with Crippen LogP contribution in [0, 0.1) is 0 Å². The first-order valence-corrected chi connectivity index (χ1v) is 12.2. The third-order valence-electron chi connectivity index (χ3n) is 5.39. The monoisotopic (exact) mass is 535 g/mol. The lowest BCUT2D eigenvalue weighted by Crippen LogP contribution is -2.09. The molecule has 0 aliphatic heterocycles. The molecule has 0 unspecified atom stereocenters. The van der Waals surface area contributed by atoms with Crippen molar-refractivity contribution in [1.82, 2.24) is 14.8 Å². The van der Waals surface area contributed by atoms with Gasteiger partial charge in [-0.3, -0.25) is 0 Å². The zero-order valence-electron chi connectivity index (χ0n) is 18.1. The third kappa shape index (κ3) is 6.94. The number of rotatable bonds is 13. The van der Waals surface area contributed by atoms with Crippen LogP contribution in [0.2, 0.25) is 0 Å². The summed E-state index contributed by atoms with van der Waals surface area (Å²) in [5, 5.41) is 4.65. The maximum absolute atomic E-state index is 13.6. The van der Waals surface area contributed by atoms with Crippen molar-refractivity contribution in [2.24, 2.45) is 0 Å². The quantitative estimate of drug-likeness (QED) is 0.137. The lowest BCUT2D eigenvalue weighted by Gasteiger charge is -2.10. The Kier molecular flexibility index (Phi) is 9.17. The Morgan fingerprint density at radius 3 is 2.30 bits per heavy atom. The Balaban J connectivity index is 1.63. The molecule has 3 aromatic rings. The van der Waals surface area contributed by atoms with Crippen molar-refractivity contribution in [2.75, 3.05) is 6.61 Å². The predicted molar refractivity (Wildman–Crippen MR) is 121 cm³/mol. The molecule has 0 atom stereocenters. The summed E-state index contributed by atoms with van der Waals surface area (Å²) in [5.74, 6) is 0.463. The molecule has 4 nitrogen and oxygen atoms in total. The van der Waals surface area contributed by atoms with Gasteiger partial charge in [-0.1, -0.05) is 66.2 Å². The Labute approximate surface area is 197 Å². The molecule has 0 saturated heterocycles. The SMILES string of the molecule is FC(F)CCCCCCCCCOc1c(CBr)c(C(F)(F)F)nn1-c1cc2ccccc2[nH]1. The average Bonchev–Trinajstić information content (AvgIpc) is 3.35. The highest BCUT2D eigenvalue weighted by Crippen LogP contribution is 2.38. The van der Waals surface area contributed by atoms with E-state index < -0.39 is 18.3 Å². The third-order valence-corrected chi connectivity index (χ3v) is 5.95. The topological polar surface area (TPSA) is 42.8 Å². The Bertz CT molecular complexity index is 982. The fourth-order valence-electron chi connectivity index (χ4n) is 3.72. The van der Waals surface area contributed by atoms with Crippen LogP contribution in [-0.4, -0.2) is 27.8 Å². The molecule has 2 heterocycles. The zero-order chi connectivity index (χ0) is 23.8. The van der Waals surface area contributed by atoms with Crippen LogP contribution in [0.5, 0.6) is 5.88 Å². The number of halogens is 6. The predicted octanol–water partition coefficient (Wildman–Crippen LogP) is 8.03. The first kappa shape index (κ1) is 25.5. The molecule has 33 heavy (non-hydrogen) atoms. The van der Waals surface area contributed by atoms with Crippen molar-refractivity contribution >= 4 is 26.8 Å². The van der Waals surface area contributed by atoms with Crippen molar-refractivity contribution in [3.05, 3.63) is 41.6 Å². The number of nitrogens with one attached hydrogen (secondary N) is 1. The second-order valence-electron chi connectivity index (χ2n) is 7.92. The molecular formula is C23H27BrF5N3O. The van der Waals surface area contributed by atoms with Crippen LogP contribution in [0.4, 0.5) is 22.0 Å². The van der Waals surface area contributed by atoms with Crippen molar-refractivity contribution in [1.29, 1.82) is 0 Å². The number of nitrogens with zero attached hydrogens (tertiary/aromatic N) is 2. The first-order chi connectivity index (χ1) is 15.8. The molecule has 0 saturated carbocycles. The van der Waals surface area contributed by atoms with E-state index in [-0.39, 0.29) is 29.8 Å². The number of unbranched alkanes of at least 4 members (excludes halogenated alkanes) is 6.